The van der Waals surface area contributed by atoms with Crippen molar-refractivity contribution in [3.05, 3.63) is 0 Å². The molecule has 0 aromatic heterocycles. The Morgan fingerprint density at radius 3 is 2.62 bits per heavy atom. The van der Waals surface area contributed by atoms with E-state index in [1.165, 1.54) is 0 Å². The average molecular weight is 155 g/mol. The number of hydrogen-bond acceptors (Lipinski definition) is 4. The predicted molar refractivity (Wildman–Crippen MR) is 33.3 cm³/mol. The molecule has 0 radical (unpaired) electrons. The molecule has 0 heterocycles. The second-order valence-corrected chi connectivity index (χ2v) is 2.86. The van der Waals surface area contributed by atoms with E-state index in [1.54, 1.807) is 6.92 Å². The van der Waals surface area contributed by atoms with E-state index >= 15 is 0 Å². The molecule has 0 aromatic carbocycles. The third-order valence-electron chi connectivity index (χ3n) is 0.405. The molecule has 2 atom stereocenters. The van der Waals surface area contributed by atoms with Crippen LogP contribution in [0.1, 0.15) is 6.92 Å². The zero-order valence-corrected chi connectivity index (χ0v) is 6.08. The fourth-order valence-corrected chi connectivity index (χ4v) is 0.645. The van der Waals surface area contributed by atoms with Crippen LogP contribution in [0.25, 0.3) is 0 Å². The molecule has 0 N–H and O–H groups in total. The second-order valence-electron chi connectivity index (χ2n) is 1.34. The molecule has 50 valence electrons. The summed E-state index contributed by atoms with van der Waals surface area (Å²) in [4.78, 5) is 0. The average Bonchev–Trinajstić information content (AvgIpc) is 1.61. The lowest BCUT2D eigenvalue weighted by molar-refractivity contribution is 0.305. The van der Waals surface area contributed by atoms with Gasteiger partial charge in [0.2, 0.25) is 0 Å². The first kappa shape index (κ1) is 8.42. The van der Waals surface area contributed by atoms with E-state index in [4.69, 9.17) is 0 Å². The van der Waals surface area contributed by atoms with Gasteiger partial charge in [-0.2, -0.15) is 12.6 Å². The van der Waals surface area contributed by atoms with Gasteiger partial charge in [0.15, 0.2) is 0 Å². The summed E-state index contributed by atoms with van der Waals surface area (Å²) < 4.78 is 23.4. The third-order valence-corrected chi connectivity index (χ3v) is 0.883. The zero-order chi connectivity index (χ0) is 6.57. The third kappa shape index (κ3) is 6.42. The van der Waals surface area contributed by atoms with Gasteiger partial charge < -0.3 is 4.55 Å². The Morgan fingerprint density at radius 2 is 2.50 bits per heavy atom. The summed E-state index contributed by atoms with van der Waals surface area (Å²) in [5.41, 5.74) is 0. The van der Waals surface area contributed by atoms with Gasteiger partial charge >= 0.3 is 0 Å². The molecule has 0 saturated heterocycles. The highest BCUT2D eigenvalue weighted by Crippen LogP contribution is 1.92. The maximum absolute atomic E-state index is 9.65. The van der Waals surface area contributed by atoms with Gasteiger partial charge in [-0.1, -0.05) is 6.92 Å². The molecule has 0 aliphatic carbocycles. The van der Waals surface area contributed by atoms with Crippen molar-refractivity contribution in [1.82, 2.24) is 0 Å². The van der Waals surface area contributed by atoms with Crippen molar-refractivity contribution in [3.8, 4) is 0 Å². The summed E-state index contributed by atoms with van der Waals surface area (Å²) in [6.07, 6.45) is 0. The summed E-state index contributed by atoms with van der Waals surface area (Å²) in [5, 5.41) is -0.0344. The molecule has 0 amide bonds. The van der Waals surface area contributed by atoms with Crippen molar-refractivity contribution >= 4 is 24.0 Å². The van der Waals surface area contributed by atoms with Crippen molar-refractivity contribution < 1.29 is 12.9 Å². The minimum Gasteiger partial charge on any atom is -0.750 e. The number of thiol groups is 1. The topological polar surface area (TPSA) is 49.4 Å². The van der Waals surface area contributed by atoms with Crippen LogP contribution in [0, 0.1) is 0 Å². The molecule has 0 aliphatic rings. The SMILES string of the molecule is CC(S)COS(=O)[O-]. The van der Waals surface area contributed by atoms with Crippen LogP contribution in [0.5, 0.6) is 0 Å². The van der Waals surface area contributed by atoms with E-state index < -0.39 is 11.4 Å². The van der Waals surface area contributed by atoms with Crippen molar-refractivity contribution in [1.29, 1.82) is 0 Å². The summed E-state index contributed by atoms with van der Waals surface area (Å²) in [7, 11) is 0. The van der Waals surface area contributed by atoms with Gasteiger partial charge in [0.25, 0.3) is 0 Å². The lowest BCUT2D eigenvalue weighted by Gasteiger charge is -2.06. The molecule has 0 fully saturated rings. The van der Waals surface area contributed by atoms with Gasteiger partial charge in [0.1, 0.15) is 0 Å². The highest BCUT2D eigenvalue weighted by Gasteiger charge is 1.91. The first-order chi connectivity index (χ1) is 3.63. The lowest BCUT2D eigenvalue weighted by Crippen LogP contribution is -2.05. The van der Waals surface area contributed by atoms with Crippen LogP contribution in [-0.4, -0.2) is 20.6 Å². The van der Waals surface area contributed by atoms with Crippen LogP contribution in [-0.2, 0) is 15.5 Å². The van der Waals surface area contributed by atoms with Gasteiger partial charge in [0.05, 0.1) is 18.0 Å². The summed E-state index contributed by atoms with van der Waals surface area (Å²) in [6.45, 7) is 1.88. The van der Waals surface area contributed by atoms with Gasteiger partial charge in [-0.05, 0) is 0 Å². The highest BCUT2D eigenvalue weighted by atomic mass is 32.2. The Morgan fingerprint density at radius 1 is 2.00 bits per heavy atom. The molecule has 0 saturated carbocycles. The van der Waals surface area contributed by atoms with E-state index in [0.29, 0.717) is 0 Å². The Bertz CT molecular complexity index is 82.6. The second kappa shape index (κ2) is 4.31. The summed E-state index contributed by atoms with van der Waals surface area (Å²) in [5.74, 6) is 0. The molecule has 0 rings (SSSR count). The standard InChI is InChI=1S/C3H8O3S2/c1-3(7)2-6-8(4)5/h3,7H,2H2,1H3,(H,4,5)/p-1. The van der Waals surface area contributed by atoms with E-state index in [9.17, 15) is 8.76 Å². The first-order valence-electron chi connectivity index (χ1n) is 2.03. The van der Waals surface area contributed by atoms with Crippen LogP contribution in [0.4, 0.5) is 0 Å². The van der Waals surface area contributed by atoms with Crippen LogP contribution >= 0.6 is 12.6 Å². The molecule has 0 spiro atoms. The molecule has 3 nitrogen and oxygen atoms in total. The fourth-order valence-electron chi connectivity index (χ4n) is 0.154. The van der Waals surface area contributed by atoms with E-state index in [0.717, 1.165) is 0 Å². The molecular weight excluding hydrogens is 148 g/mol. The quantitative estimate of drug-likeness (QED) is 0.465. The monoisotopic (exact) mass is 155 g/mol. The van der Waals surface area contributed by atoms with Crippen LogP contribution in [0.3, 0.4) is 0 Å². The molecule has 0 aliphatic heterocycles. The van der Waals surface area contributed by atoms with E-state index in [2.05, 4.69) is 16.8 Å². The van der Waals surface area contributed by atoms with Crippen LogP contribution < -0.4 is 0 Å². The Labute approximate surface area is 56.3 Å². The fraction of sp³-hybridized carbons (Fsp3) is 1.00. The minimum absolute atomic E-state index is 0.0344. The van der Waals surface area contributed by atoms with Crippen molar-refractivity contribution in [3.63, 3.8) is 0 Å². The number of hydrogen-bond donors (Lipinski definition) is 1. The van der Waals surface area contributed by atoms with Crippen molar-refractivity contribution in [2.45, 2.75) is 12.2 Å². The lowest BCUT2D eigenvalue weighted by atomic mass is 10.5. The van der Waals surface area contributed by atoms with Gasteiger partial charge in [-0.25, -0.2) is 4.21 Å². The highest BCUT2D eigenvalue weighted by molar-refractivity contribution is 7.81. The van der Waals surface area contributed by atoms with E-state index in [1.807, 2.05) is 0 Å². The molecule has 5 heteroatoms. The summed E-state index contributed by atoms with van der Waals surface area (Å²) in [6, 6.07) is 0. The molecular formula is C3H7O3S2-. The largest absolute Gasteiger partial charge is 0.750 e. The Kier molecular flexibility index (Phi) is 4.54. The molecule has 8 heavy (non-hydrogen) atoms. The van der Waals surface area contributed by atoms with Crippen LogP contribution in [0.2, 0.25) is 0 Å². The van der Waals surface area contributed by atoms with Gasteiger partial charge in [0, 0.05) is 5.25 Å². The van der Waals surface area contributed by atoms with Crippen molar-refractivity contribution in [2.24, 2.45) is 0 Å². The molecule has 0 aromatic rings. The van der Waals surface area contributed by atoms with Crippen molar-refractivity contribution in [2.75, 3.05) is 6.61 Å². The first-order valence-corrected chi connectivity index (χ1v) is 3.55. The Hall–Kier alpha value is 0.420. The molecule has 2 unspecified atom stereocenters. The summed E-state index contributed by atoms with van der Waals surface area (Å²) >= 11 is 1.49. The normalized spacial score (nSPS) is 17.9. The predicted octanol–water partition coefficient (Wildman–Crippen LogP) is 0.115. The smallest absolute Gasteiger partial charge is 0.0842 e. The maximum atomic E-state index is 9.65. The number of rotatable bonds is 3. The minimum atomic E-state index is -2.39. The molecule has 0 bridgehead atoms. The Balaban J connectivity index is 3.05. The maximum Gasteiger partial charge on any atom is 0.0842 e. The zero-order valence-electron chi connectivity index (χ0n) is 4.36. The van der Waals surface area contributed by atoms with Gasteiger partial charge in [-0.3, -0.25) is 4.18 Å². The van der Waals surface area contributed by atoms with E-state index in [-0.39, 0.29) is 11.9 Å². The van der Waals surface area contributed by atoms with Crippen LogP contribution in [0.15, 0.2) is 0 Å². The van der Waals surface area contributed by atoms with Gasteiger partial charge in [-0.15, -0.1) is 0 Å².